The lowest BCUT2D eigenvalue weighted by Crippen LogP contribution is -2.44. The van der Waals surface area contributed by atoms with Crippen molar-refractivity contribution in [3.05, 3.63) is 42.2 Å². The van der Waals surface area contributed by atoms with Gasteiger partial charge in [-0.3, -0.25) is 24.1 Å². The van der Waals surface area contributed by atoms with Gasteiger partial charge in [-0.2, -0.15) is 0 Å². The molecule has 0 spiro atoms. The zero-order valence-corrected chi connectivity index (χ0v) is 14.9. The van der Waals surface area contributed by atoms with E-state index in [2.05, 4.69) is 5.32 Å². The van der Waals surface area contributed by atoms with Gasteiger partial charge in [-0.05, 0) is 31.0 Å². The number of hydrogen-bond donors (Lipinski definition) is 1. The van der Waals surface area contributed by atoms with Gasteiger partial charge in [0.25, 0.3) is 0 Å². The fraction of sp³-hybridized carbons (Fsp3) is 0.368. The molecule has 7 nitrogen and oxygen atoms in total. The summed E-state index contributed by atoms with van der Waals surface area (Å²) in [5, 5.41) is 2.49. The molecular weight excluding hydrogens is 353 g/mol. The van der Waals surface area contributed by atoms with E-state index in [0.717, 1.165) is 15.9 Å². The summed E-state index contributed by atoms with van der Waals surface area (Å²) in [5.74, 6) is -2.96. The second-order valence-electron chi connectivity index (χ2n) is 6.73. The summed E-state index contributed by atoms with van der Waals surface area (Å²) < 4.78 is 13.1. The number of amides is 4. The Morgan fingerprint density at radius 1 is 1.19 bits per heavy atom. The molecule has 0 bridgehead atoms. The van der Waals surface area contributed by atoms with E-state index >= 15 is 0 Å². The Hall–Kier alpha value is -3.03. The summed E-state index contributed by atoms with van der Waals surface area (Å²) >= 11 is 0. The normalized spacial score (nSPS) is 21.2. The van der Waals surface area contributed by atoms with Crippen LogP contribution in [0.25, 0.3) is 0 Å². The molecule has 1 aliphatic carbocycles. The molecule has 8 heteroatoms. The van der Waals surface area contributed by atoms with E-state index in [1.807, 2.05) is 12.2 Å². The summed E-state index contributed by atoms with van der Waals surface area (Å²) in [7, 11) is 1.41. The highest BCUT2D eigenvalue weighted by molar-refractivity contribution is 6.07. The van der Waals surface area contributed by atoms with E-state index in [9.17, 15) is 23.6 Å². The number of halogens is 1. The van der Waals surface area contributed by atoms with Gasteiger partial charge in [0.05, 0.1) is 18.4 Å². The summed E-state index contributed by atoms with van der Waals surface area (Å²) in [4.78, 5) is 51.3. The molecule has 1 N–H and O–H groups in total. The maximum atomic E-state index is 13.1. The van der Waals surface area contributed by atoms with Crippen LogP contribution in [0.5, 0.6) is 0 Å². The fourth-order valence-corrected chi connectivity index (χ4v) is 3.35. The van der Waals surface area contributed by atoms with Crippen LogP contribution in [-0.4, -0.2) is 53.6 Å². The Morgan fingerprint density at radius 2 is 1.81 bits per heavy atom. The minimum Gasteiger partial charge on any atom is -0.335 e. The Labute approximate surface area is 155 Å². The zero-order valence-electron chi connectivity index (χ0n) is 14.9. The van der Waals surface area contributed by atoms with E-state index in [4.69, 9.17) is 0 Å². The molecule has 4 amide bonds. The Morgan fingerprint density at radius 3 is 2.41 bits per heavy atom. The smallest absolute Gasteiger partial charge is 0.243 e. The molecule has 1 aromatic carbocycles. The Kier molecular flexibility index (Phi) is 5.34. The molecular formula is C19H20FN3O4. The first-order valence-corrected chi connectivity index (χ1v) is 8.66. The molecule has 0 unspecified atom stereocenters. The number of allylic oxidation sites excluding steroid dienone is 2. The molecule has 1 fully saturated rings. The van der Waals surface area contributed by atoms with Gasteiger partial charge in [0.1, 0.15) is 12.4 Å². The van der Waals surface area contributed by atoms with Crippen molar-refractivity contribution in [1.82, 2.24) is 9.80 Å². The third-order valence-corrected chi connectivity index (χ3v) is 4.81. The number of anilines is 1. The molecule has 2 aliphatic rings. The number of hydrogen-bond acceptors (Lipinski definition) is 4. The number of carbonyl (C=O) groups is 4. The van der Waals surface area contributed by atoms with Crippen LogP contribution in [0.4, 0.5) is 10.1 Å². The van der Waals surface area contributed by atoms with E-state index < -0.39 is 29.5 Å². The predicted octanol–water partition coefficient (Wildman–Crippen LogP) is 1.17. The third-order valence-electron chi connectivity index (χ3n) is 4.81. The van der Waals surface area contributed by atoms with Crippen LogP contribution in [0.2, 0.25) is 0 Å². The number of imide groups is 1. The molecule has 27 heavy (non-hydrogen) atoms. The standard InChI is InChI=1S/C19H20FN3O4/c1-22(10-16(24)21-13-6-4-5-12(20)9-13)17(25)11-23-18(26)14-7-2-3-8-15(14)19(23)27/h2-6,9,14-15H,7-8,10-11H2,1H3,(H,21,24)/t14-,15-/m0/s1. The van der Waals surface area contributed by atoms with Gasteiger partial charge in [0, 0.05) is 12.7 Å². The van der Waals surface area contributed by atoms with Gasteiger partial charge in [-0.15, -0.1) is 0 Å². The molecule has 142 valence electrons. The van der Waals surface area contributed by atoms with Crippen LogP contribution in [-0.2, 0) is 19.2 Å². The third kappa shape index (κ3) is 4.05. The van der Waals surface area contributed by atoms with Crippen LogP contribution in [0.15, 0.2) is 36.4 Å². The number of benzene rings is 1. The van der Waals surface area contributed by atoms with Gasteiger partial charge >= 0.3 is 0 Å². The maximum absolute atomic E-state index is 13.1. The highest BCUT2D eigenvalue weighted by atomic mass is 19.1. The molecule has 1 aliphatic heterocycles. The molecule has 3 rings (SSSR count). The van der Waals surface area contributed by atoms with Crippen molar-refractivity contribution in [2.75, 3.05) is 25.5 Å². The highest BCUT2D eigenvalue weighted by Crippen LogP contribution is 2.34. The van der Waals surface area contributed by atoms with E-state index in [0.29, 0.717) is 12.8 Å². The summed E-state index contributed by atoms with van der Waals surface area (Å²) in [5.41, 5.74) is 0.280. The van der Waals surface area contributed by atoms with Crippen molar-refractivity contribution >= 4 is 29.3 Å². The van der Waals surface area contributed by atoms with E-state index in [1.165, 1.54) is 25.2 Å². The second kappa shape index (κ2) is 7.69. The fourth-order valence-electron chi connectivity index (χ4n) is 3.35. The maximum Gasteiger partial charge on any atom is 0.243 e. The number of nitrogens with one attached hydrogen (secondary N) is 1. The number of fused-ring (bicyclic) bond motifs is 1. The molecule has 2 atom stereocenters. The average Bonchev–Trinajstić information content (AvgIpc) is 2.87. The molecule has 1 aromatic rings. The van der Waals surface area contributed by atoms with Crippen molar-refractivity contribution < 1.29 is 23.6 Å². The van der Waals surface area contributed by atoms with Gasteiger partial charge in [0.15, 0.2) is 0 Å². The number of likely N-dealkylation sites (tertiary alicyclic amines) is 1. The lowest BCUT2D eigenvalue weighted by Gasteiger charge is -2.20. The predicted molar refractivity (Wildman–Crippen MR) is 94.7 cm³/mol. The summed E-state index contributed by atoms with van der Waals surface area (Å²) in [6.07, 6.45) is 4.76. The monoisotopic (exact) mass is 373 g/mol. The first-order chi connectivity index (χ1) is 12.9. The van der Waals surface area contributed by atoms with Crippen LogP contribution < -0.4 is 5.32 Å². The number of nitrogens with zero attached hydrogens (tertiary/aromatic N) is 2. The van der Waals surface area contributed by atoms with Crippen LogP contribution in [0, 0.1) is 17.7 Å². The molecule has 1 heterocycles. The number of carbonyl (C=O) groups excluding carboxylic acids is 4. The average molecular weight is 373 g/mol. The minimum atomic E-state index is -0.516. The zero-order chi connectivity index (χ0) is 19.6. The van der Waals surface area contributed by atoms with Crippen molar-refractivity contribution in [2.24, 2.45) is 11.8 Å². The van der Waals surface area contributed by atoms with Crippen molar-refractivity contribution in [1.29, 1.82) is 0 Å². The first-order valence-electron chi connectivity index (χ1n) is 8.66. The lowest BCUT2D eigenvalue weighted by molar-refractivity contribution is -0.146. The lowest BCUT2D eigenvalue weighted by atomic mass is 9.85. The van der Waals surface area contributed by atoms with Gasteiger partial charge < -0.3 is 10.2 Å². The van der Waals surface area contributed by atoms with Crippen LogP contribution >= 0.6 is 0 Å². The molecule has 0 aromatic heterocycles. The van der Waals surface area contributed by atoms with Gasteiger partial charge in [-0.1, -0.05) is 18.2 Å². The van der Waals surface area contributed by atoms with E-state index in [-0.39, 0.29) is 30.6 Å². The minimum absolute atomic E-state index is 0.278. The Balaban J connectivity index is 1.55. The quantitative estimate of drug-likeness (QED) is 0.620. The molecule has 0 saturated carbocycles. The second-order valence-corrected chi connectivity index (χ2v) is 6.73. The van der Waals surface area contributed by atoms with Crippen molar-refractivity contribution in [3.63, 3.8) is 0 Å². The van der Waals surface area contributed by atoms with Gasteiger partial charge in [-0.25, -0.2) is 4.39 Å². The van der Waals surface area contributed by atoms with Crippen molar-refractivity contribution in [2.45, 2.75) is 12.8 Å². The number of rotatable bonds is 5. The molecule has 0 radical (unpaired) electrons. The Bertz CT molecular complexity index is 797. The SMILES string of the molecule is CN(CC(=O)Nc1cccc(F)c1)C(=O)CN1C(=O)[C@H]2CC=CC[C@@H]2C1=O. The first kappa shape index (κ1) is 18.8. The molecule has 1 saturated heterocycles. The van der Waals surface area contributed by atoms with Crippen LogP contribution in [0.3, 0.4) is 0 Å². The van der Waals surface area contributed by atoms with Crippen LogP contribution in [0.1, 0.15) is 12.8 Å². The topological polar surface area (TPSA) is 86.8 Å². The van der Waals surface area contributed by atoms with Gasteiger partial charge in [0.2, 0.25) is 23.6 Å². The largest absolute Gasteiger partial charge is 0.335 e. The van der Waals surface area contributed by atoms with Crippen molar-refractivity contribution in [3.8, 4) is 0 Å². The summed E-state index contributed by atoms with van der Waals surface area (Å²) in [6, 6.07) is 5.40. The van der Waals surface area contributed by atoms with E-state index in [1.54, 1.807) is 0 Å². The highest BCUT2D eigenvalue weighted by Gasteiger charge is 2.47. The summed E-state index contributed by atoms with van der Waals surface area (Å²) in [6.45, 7) is -0.658. The number of likely N-dealkylation sites (N-methyl/N-ethyl adjacent to an activating group) is 1.